The smallest absolute Gasteiger partial charge is 0.317 e. The Morgan fingerprint density at radius 3 is 2.58 bits per heavy atom. The number of carboxylic acids is 1. The fourth-order valence-corrected chi connectivity index (χ4v) is 2.70. The van der Waals surface area contributed by atoms with Gasteiger partial charge in [0.2, 0.25) is 0 Å². The third kappa shape index (κ3) is 1.33. The van der Waals surface area contributed by atoms with Gasteiger partial charge < -0.3 is 10.4 Å². The van der Waals surface area contributed by atoms with Gasteiger partial charge in [0.15, 0.2) is 0 Å². The van der Waals surface area contributed by atoms with Gasteiger partial charge >= 0.3 is 5.97 Å². The summed E-state index contributed by atoms with van der Waals surface area (Å²) in [6.45, 7) is 0.132. The second kappa shape index (κ2) is 2.73. The van der Waals surface area contributed by atoms with Crippen LogP contribution in [-0.2, 0) is 4.79 Å². The average Bonchev–Trinajstić information content (AvgIpc) is 2.60. The molecule has 2 N–H and O–H groups in total. The van der Waals surface area contributed by atoms with Crippen LogP contribution in [0.1, 0.15) is 32.1 Å². The van der Waals surface area contributed by atoms with E-state index in [2.05, 4.69) is 5.32 Å². The standard InChI is InChI=1S/C9H15NO2/c11-8(12)6-10-9-3-1-7(5-9)2-4-9/h7,10H,1-6H2,(H,11,12). The molecule has 2 aliphatic carbocycles. The van der Waals surface area contributed by atoms with Crippen LogP contribution in [0.3, 0.4) is 0 Å². The van der Waals surface area contributed by atoms with E-state index in [9.17, 15) is 4.79 Å². The summed E-state index contributed by atoms with van der Waals surface area (Å²) in [4.78, 5) is 10.4. The number of carbonyl (C=O) groups is 1. The molecule has 2 bridgehead atoms. The lowest BCUT2D eigenvalue weighted by Crippen LogP contribution is -2.43. The molecule has 12 heavy (non-hydrogen) atoms. The first-order valence-electron chi connectivity index (χ1n) is 4.67. The Hall–Kier alpha value is -0.570. The van der Waals surface area contributed by atoms with Crippen molar-refractivity contribution in [1.29, 1.82) is 0 Å². The second-order valence-electron chi connectivity index (χ2n) is 4.18. The van der Waals surface area contributed by atoms with Crippen molar-refractivity contribution in [3.63, 3.8) is 0 Å². The highest BCUT2D eigenvalue weighted by molar-refractivity contribution is 5.69. The molecular formula is C9H15NO2. The third-order valence-corrected chi connectivity index (χ3v) is 3.36. The van der Waals surface area contributed by atoms with E-state index in [1.54, 1.807) is 0 Å². The molecule has 0 spiro atoms. The first-order chi connectivity index (χ1) is 5.70. The van der Waals surface area contributed by atoms with Gasteiger partial charge in [-0.15, -0.1) is 0 Å². The molecule has 2 aliphatic rings. The van der Waals surface area contributed by atoms with E-state index < -0.39 is 5.97 Å². The summed E-state index contributed by atoms with van der Waals surface area (Å²) >= 11 is 0. The monoisotopic (exact) mass is 169 g/mol. The van der Waals surface area contributed by atoms with Crippen LogP contribution in [0.5, 0.6) is 0 Å². The molecule has 0 aromatic rings. The zero-order valence-corrected chi connectivity index (χ0v) is 7.18. The maximum atomic E-state index is 10.4. The topological polar surface area (TPSA) is 49.3 Å². The lowest BCUT2D eigenvalue weighted by Gasteiger charge is -2.27. The van der Waals surface area contributed by atoms with Crippen LogP contribution in [0.15, 0.2) is 0 Å². The summed E-state index contributed by atoms with van der Waals surface area (Å²) in [7, 11) is 0. The van der Waals surface area contributed by atoms with Crippen LogP contribution in [0.25, 0.3) is 0 Å². The van der Waals surface area contributed by atoms with Gasteiger partial charge in [0.1, 0.15) is 0 Å². The molecule has 2 rings (SSSR count). The molecule has 0 aromatic heterocycles. The van der Waals surface area contributed by atoms with Crippen LogP contribution in [0.4, 0.5) is 0 Å². The van der Waals surface area contributed by atoms with E-state index >= 15 is 0 Å². The molecule has 0 unspecified atom stereocenters. The van der Waals surface area contributed by atoms with Crippen LogP contribution >= 0.6 is 0 Å². The number of aliphatic carboxylic acids is 1. The molecule has 3 heteroatoms. The number of nitrogens with one attached hydrogen (secondary N) is 1. The Labute approximate surface area is 72.2 Å². The third-order valence-electron chi connectivity index (χ3n) is 3.36. The van der Waals surface area contributed by atoms with Crippen LogP contribution in [0.2, 0.25) is 0 Å². The summed E-state index contributed by atoms with van der Waals surface area (Å²) in [6.07, 6.45) is 6.18. The molecular weight excluding hydrogens is 154 g/mol. The van der Waals surface area contributed by atoms with Crippen LogP contribution in [0, 0.1) is 5.92 Å². The Morgan fingerprint density at radius 2 is 2.17 bits per heavy atom. The largest absolute Gasteiger partial charge is 0.480 e. The highest BCUT2D eigenvalue weighted by Crippen LogP contribution is 2.47. The first-order valence-corrected chi connectivity index (χ1v) is 4.67. The van der Waals surface area contributed by atoms with Crippen molar-refractivity contribution < 1.29 is 9.90 Å². The van der Waals surface area contributed by atoms with Gasteiger partial charge in [-0.1, -0.05) is 0 Å². The highest BCUT2D eigenvalue weighted by atomic mass is 16.4. The van der Waals surface area contributed by atoms with E-state index in [-0.39, 0.29) is 12.1 Å². The van der Waals surface area contributed by atoms with E-state index in [0.717, 1.165) is 5.92 Å². The predicted octanol–water partition coefficient (Wildman–Crippen LogP) is 0.993. The number of hydrogen-bond acceptors (Lipinski definition) is 2. The minimum Gasteiger partial charge on any atom is -0.480 e. The number of carboxylic acid groups (broad SMARTS) is 1. The van der Waals surface area contributed by atoms with E-state index in [1.807, 2.05) is 0 Å². The average molecular weight is 169 g/mol. The summed E-state index contributed by atoms with van der Waals surface area (Å²) in [5.74, 6) is 0.144. The molecule has 68 valence electrons. The van der Waals surface area contributed by atoms with Crippen molar-refractivity contribution in [2.45, 2.75) is 37.6 Å². The molecule has 3 nitrogen and oxygen atoms in total. The minimum absolute atomic E-state index is 0.132. The first kappa shape index (κ1) is 8.05. The predicted molar refractivity (Wildman–Crippen MR) is 44.9 cm³/mol. The van der Waals surface area contributed by atoms with Gasteiger partial charge in [0.05, 0.1) is 6.54 Å². The zero-order chi connectivity index (χ0) is 8.60. The molecule has 0 atom stereocenters. The summed E-state index contributed by atoms with van der Waals surface area (Å²) in [5, 5.41) is 11.7. The van der Waals surface area contributed by atoms with E-state index in [1.165, 1.54) is 32.1 Å². The van der Waals surface area contributed by atoms with Gasteiger partial charge in [-0.2, -0.15) is 0 Å². The second-order valence-corrected chi connectivity index (χ2v) is 4.18. The number of rotatable bonds is 3. The lowest BCUT2D eigenvalue weighted by atomic mass is 9.94. The maximum Gasteiger partial charge on any atom is 0.317 e. The Bertz CT molecular complexity index is 195. The fraction of sp³-hybridized carbons (Fsp3) is 0.889. The van der Waals surface area contributed by atoms with Gasteiger partial charge in [-0.25, -0.2) is 0 Å². The summed E-state index contributed by atoms with van der Waals surface area (Å²) < 4.78 is 0. The molecule has 2 fully saturated rings. The van der Waals surface area contributed by atoms with Crippen molar-refractivity contribution in [3.8, 4) is 0 Å². The van der Waals surface area contributed by atoms with Gasteiger partial charge in [-0.05, 0) is 38.0 Å². The number of hydrogen-bond donors (Lipinski definition) is 2. The Balaban J connectivity index is 1.90. The summed E-state index contributed by atoms with van der Waals surface area (Å²) in [6, 6.07) is 0. The molecule has 2 saturated carbocycles. The lowest BCUT2D eigenvalue weighted by molar-refractivity contribution is -0.136. The SMILES string of the molecule is O=C(O)CNC12CCC(CC1)C2. The molecule has 0 amide bonds. The molecule has 0 saturated heterocycles. The fourth-order valence-electron chi connectivity index (χ4n) is 2.70. The van der Waals surface area contributed by atoms with E-state index in [0.29, 0.717) is 0 Å². The maximum absolute atomic E-state index is 10.4. The minimum atomic E-state index is -0.736. The van der Waals surface area contributed by atoms with Crippen LogP contribution < -0.4 is 5.32 Å². The number of fused-ring (bicyclic) bond motifs is 2. The van der Waals surface area contributed by atoms with Crippen molar-refractivity contribution in [1.82, 2.24) is 5.32 Å². The molecule has 0 radical (unpaired) electrons. The van der Waals surface area contributed by atoms with Gasteiger partial charge in [0, 0.05) is 5.54 Å². The van der Waals surface area contributed by atoms with Crippen molar-refractivity contribution in [2.75, 3.05) is 6.54 Å². The highest BCUT2D eigenvalue weighted by Gasteiger charge is 2.44. The molecule has 0 aliphatic heterocycles. The Kier molecular flexibility index (Phi) is 1.83. The summed E-state index contributed by atoms with van der Waals surface area (Å²) in [5.41, 5.74) is 0.211. The normalized spacial score (nSPS) is 38.8. The zero-order valence-electron chi connectivity index (χ0n) is 7.18. The van der Waals surface area contributed by atoms with Crippen molar-refractivity contribution in [3.05, 3.63) is 0 Å². The van der Waals surface area contributed by atoms with E-state index in [4.69, 9.17) is 5.11 Å². The molecule has 0 aromatic carbocycles. The van der Waals surface area contributed by atoms with Crippen molar-refractivity contribution >= 4 is 5.97 Å². The Morgan fingerprint density at radius 1 is 1.50 bits per heavy atom. The van der Waals surface area contributed by atoms with Gasteiger partial charge in [0.25, 0.3) is 0 Å². The van der Waals surface area contributed by atoms with Crippen LogP contribution in [-0.4, -0.2) is 23.2 Å². The molecule has 0 heterocycles. The van der Waals surface area contributed by atoms with Gasteiger partial charge in [-0.3, -0.25) is 4.79 Å². The quantitative estimate of drug-likeness (QED) is 0.662. The van der Waals surface area contributed by atoms with Crippen molar-refractivity contribution in [2.24, 2.45) is 5.92 Å².